The maximum atomic E-state index is 12.0. The van der Waals surface area contributed by atoms with Crippen molar-refractivity contribution in [2.24, 2.45) is 0 Å². The molecule has 0 atom stereocenters. The van der Waals surface area contributed by atoms with Crippen molar-refractivity contribution in [3.05, 3.63) is 63.5 Å². The van der Waals surface area contributed by atoms with Crippen LogP contribution in [0.5, 0.6) is 0 Å². The maximum Gasteiger partial charge on any atom is 0.265 e. The Labute approximate surface area is 136 Å². The average Bonchev–Trinajstić information content (AvgIpc) is 3.19. The van der Waals surface area contributed by atoms with Crippen LogP contribution in [0, 0.1) is 0 Å². The number of thiophene rings is 1. The Hall–Kier alpha value is -2.08. The van der Waals surface area contributed by atoms with Gasteiger partial charge in [0, 0.05) is 11.3 Å². The van der Waals surface area contributed by atoms with Crippen LogP contribution in [0.15, 0.2) is 52.3 Å². The zero-order chi connectivity index (χ0) is 15.5. The number of benzene rings is 1. The molecule has 0 bridgehead atoms. The zero-order valence-electron chi connectivity index (χ0n) is 11.4. The summed E-state index contributed by atoms with van der Waals surface area (Å²) >= 11 is 7.63. The summed E-state index contributed by atoms with van der Waals surface area (Å²) in [6.07, 6.45) is 0. The van der Waals surface area contributed by atoms with Gasteiger partial charge in [-0.3, -0.25) is 4.79 Å². The van der Waals surface area contributed by atoms with Crippen LogP contribution in [0.2, 0.25) is 5.02 Å². The molecule has 2 aromatic heterocycles. The van der Waals surface area contributed by atoms with E-state index in [-0.39, 0.29) is 12.5 Å². The van der Waals surface area contributed by atoms with Gasteiger partial charge in [0.1, 0.15) is 18.1 Å². The Bertz CT molecular complexity index is 796. The zero-order valence-corrected chi connectivity index (χ0v) is 12.9. The van der Waals surface area contributed by atoms with Crippen molar-refractivity contribution in [3.8, 4) is 11.3 Å². The van der Waals surface area contributed by atoms with Crippen LogP contribution in [-0.2, 0) is 6.61 Å². The smallest absolute Gasteiger partial charge is 0.265 e. The van der Waals surface area contributed by atoms with Gasteiger partial charge in [0.05, 0.1) is 9.90 Å². The third kappa shape index (κ3) is 3.06. The molecule has 0 aliphatic carbocycles. The van der Waals surface area contributed by atoms with Gasteiger partial charge in [-0.05, 0) is 41.8 Å². The Morgan fingerprint density at radius 2 is 2.14 bits per heavy atom. The predicted molar refractivity (Wildman–Crippen MR) is 87.3 cm³/mol. The number of nitrogens with one attached hydrogen (secondary N) is 1. The first-order valence-corrected chi connectivity index (χ1v) is 7.77. The lowest BCUT2D eigenvalue weighted by Gasteiger charge is -2.07. The molecule has 0 unspecified atom stereocenters. The highest BCUT2D eigenvalue weighted by Gasteiger charge is 2.11. The van der Waals surface area contributed by atoms with E-state index in [2.05, 4.69) is 5.32 Å². The van der Waals surface area contributed by atoms with E-state index < -0.39 is 0 Å². The second-order valence-corrected chi connectivity index (χ2v) is 5.91. The molecule has 4 nitrogen and oxygen atoms in total. The molecule has 3 rings (SSSR count). The molecule has 112 valence electrons. The molecule has 0 saturated heterocycles. The van der Waals surface area contributed by atoms with Crippen LogP contribution >= 0.6 is 22.9 Å². The minimum atomic E-state index is -0.167. The summed E-state index contributed by atoms with van der Waals surface area (Å²) < 4.78 is 5.46. The van der Waals surface area contributed by atoms with Crippen LogP contribution in [0.25, 0.3) is 11.3 Å². The van der Waals surface area contributed by atoms with Gasteiger partial charge in [-0.25, -0.2) is 0 Å². The molecular weight excluding hydrogens is 322 g/mol. The molecule has 0 fully saturated rings. The van der Waals surface area contributed by atoms with Crippen molar-refractivity contribution >= 4 is 34.5 Å². The minimum absolute atomic E-state index is 0.160. The molecule has 1 amide bonds. The molecule has 6 heteroatoms. The number of amides is 1. The first kappa shape index (κ1) is 14.8. The molecule has 0 saturated carbocycles. The lowest BCUT2D eigenvalue weighted by Crippen LogP contribution is -2.09. The summed E-state index contributed by atoms with van der Waals surface area (Å²) in [5, 5.41) is 14.1. The van der Waals surface area contributed by atoms with E-state index in [1.807, 2.05) is 11.4 Å². The van der Waals surface area contributed by atoms with Crippen molar-refractivity contribution in [2.45, 2.75) is 6.61 Å². The van der Waals surface area contributed by atoms with E-state index in [9.17, 15) is 4.79 Å². The fourth-order valence-corrected chi connectivity index (χ4v) is 2.89. The highest BCUT2D eigenvalue weighted by molar-refractivity contribution is 7.12. The SMILES string of the molecule is O=C(Nc1ccc(-c2ccc(CO)o2)c(Cl)c1)c1cccs1. The van der Waals surface area contributed by atoms with Gasteiger partial charge in [-0.2, -0.15) is 0 Å². The van der Waals surface area contributed by atoms with Crippen LogP contribution in [0.4, 0.5) is 5.69 Å². The van der Waals surface area contributed by atoms with Gasteiger partial charge in [0.25, 0.3) is 5.91 Å². The summed E-state index contributed by atoms with van der Waals surface area (Å²) in [7, 11) is 0. The predicted octanol–water partition coefficient (Wildman–Crippen LogP) is 4.41. The molecule has 0 aliphatic heterocycles. The van der Waals surface area contributed by atoms with Crippen LogP contribution in [-0.4, -0.2) is 11.0 Å². The summed E-state index contributed by atoms with van der Waals surface area (Å²) in [5.74, 6) is 0.880. The van der Waals surface area contributed by atoms with E-state index >= 15 is 0 Å². The number of hydrogen-bond acceptors (Lipinski definition) is 4. The number of carbonyl (C=O) groups is 1. The minimum Gasteiger partial charge on any atom is -0.459 e. The fourth-order valence-electron chi connectivity index (χ4n) is 2.00. The van der Waals surface area contributed by atoms with Crippen molar-refractivity contribution in [1.29, 1.82) is 0 Å². The van der Waals surface area contributed by atoms with Gasteiger partial charge in [-0.15, -0.1) is 11.3 Å². The summed E-state index contributed by atoms with van der Waals surface area (Å²) in [5.41, 5.74) is 1.32. The van der Waals surface area contributed by atoms with Crippen LogP contribution in [0.1, 0.15) is 15.4 Å². The highest BCUT2D eigenvalue weighted by Crippen LogP contribution is 2.31. The van der Waals surface area contributed by atoms with E-state index in [0.717, 1.165) is 0 Å². The molecular formula is C16H12ClNO3S. The number of hydrogen-bond donors (Lipinski definition) is 2. The Kier molecular flexibility index (Phi) is 4.29. The van der Waals surface area contributed by atoms with Gasteiger partial charge >= 0.3 is 0 Å². The Morgan fingerprint density at radius 1 is 1.27 bits per heavy atom. The normalized spacial score (nSPS) is 10.6. The molecule has 22 heavy (non-hydrogen) atoms. The monoisotopic (exact) mass is 333 g/mol. The average molecular weight is 334 g/mol. The van der Waals surface area contributed by atoms with Gasteiger partial charge in [0.15, 0.2) is 0 Å². The summed E-state index contributed by atoms with van der Waals surface area (Å²) in [6, 6.07) is 12.2. The van der Waals surface area contributed by atoms with Crippen LogP contribution < -0.4 is 5.32 Å². The molecule has 0 spiro atoms. The quantitative estimate of drug-likeness (QED) is 0.743. The maximum absolute atomic E-state index is 12.0. The number of carbonyl (C=O) groups excluding carboxylic acids is 1. The number of halogens is 1. The molecule has 3 aromatic rings. The van der Waals surface area contributed by atoms with Gasteiger partial charge < -0.3 is 14.8 Å². The first-order valence-electron chi connectivity index (χ1n) is 6.52. The summed E-state index contributed by atoms with van der Waals surface area (Å²) in [4.78, 5) is 12.6. The van der Waals surface area contributed by atoms with Gasteiger partial charge in [0.2, 0.25) is 0 Å². The lowest BCUT2D eigenvalue weighted by molar-refractivity contribution is 0.103. The third-order valence-corrected chi connectivity index (χ3v) is 4.24. The topological polar surface area (TPSA) is 62.5 Å². The Balaban J connectivity index is 1.81. The number of anilines is 1. The highest BCUT2D eigenvalue weighted by atomic mass is 35.5. The largest absolute Gasteiger partial charge is 0.459 e. The second-order valence-electron chi connectivity index (χ2n) is 4.55. The van der Waals surface area contributed by atoms with E-state index in [0.29, 0.717) is 32.7 Å². The molecule has 1 aromatic carbocycles. The van der Waals surface area contributed by atoms with E-state index in [1.54, 1.807) is 36.4 Å². The lowest BCUT2D eigenvalue weighted by atomic mass is 10.1. The standard InChI is InChI=1S/C16H12ClNO3S/c17-13-8-10(18-16(20)15-2-1-7-22-15)3-5-12(13)14-6-4-11(9-19)21-14/h1-8,19H,9H2,(H,18,20). The number of furan rings is 1. The number of rotatable bonds is 4. The molecule has 0 radical (unpaired) electrons. The van der Waals surface area contributed by atoms with Crippen LogP contribution in [0.3, 0.4) is 0 Å². The molecule has 2 heterocycles. The second kappa shape index (κ2) is 6.36. The van der Waals surface area contributed by atoms with E-state index in [4.69, 9.17) is 21.1 Å². The van der Waals surface area contributed by atoms with Crippen molar-refractivity contribution in [3.63, 3.8) is 0 Å². The first-order chi connectivity index (χ1) is 10.7. The number of aliphatic hydroxyl groups is 1. The van der Waals surface area contributed by atoms with E-state index in [1.165, 1.54) is 11.3 Å². The Morgan fingerprint density at radius 3 is 2.77 bits per heavy atom. The molecule has 2 N–H and O–H groups in total. The third-order valence-electron chi connectivity index (χ3n) is 3.05. The van der Waals surface area contributed by atoms with Crippen molar-refractivity contribution in [2.75, 3.05) is 5.32 Å². The molecule has 0 aliphatic rings. The summed E-state index contributed by atoms with van der Waals surface area (Å²) in [6.45, 7) is -0.160. The van der Waals surface area contributed by atoms with Crippen molar-refractivity contribution in [1.82, 2.24) is 0 Å². The van der Waals surface area contributed by atoms with Gasteiger partial charge in [-0.1, -0.05) is 17.7 Å². The number of aliphatic hydroxyl groups excluding tert-OH is 1. The fraction of sp³-hybridized carbons (Fsp3) is 0.0625. The van der Waals surface area contributed by atoms with Crippen molar-refractivity contribution < 1.29 is 14.3 Å².